The van der Waals surface area contributed by atoms with Crippen LogP contribution in [0.1, 0.15) is 10.4 Å². The Labute approximate surface area is 125 Å². The number of hydrogen-bond donors (Lipinski definition) is 1. The van der Waals surface area contributed by atoms with Crippen LogP contribution in [0.25, 0.3) is 0 Å². The van der Waals surface area contributed by atoms with E-state index in [2.05, 4.69) is 4.98 Å². The molecule has 0 aliphatic rings. The molecule has 0 spiro atoms. The fourth-order valence-electron chi connectivity index (χ4n) is 1.40. The quantitative estimate of drug-likeness (QED) is 0.877. The molecule has 1 N–H and O–H groups in total. The van der Waals surface area contributed by atoms with Gasteiger partial charge in [0.2, 0.25) is 0 Å². The molecule has 1 aromatic heterocycles. The lowest BCUT2D eigenvalue weighted by Crippen LogP contribution is -2.30. The summed E-state index contributed by atoms with van der Waals surface area (Å²) in [6, 6.07) is 8.08. The highest BCUT2D eigenvalue weighted by Gasteiger charge is 2.18. The first-order valence-corrected chi connectivity index (χ1v) is 7.57. The first-order valence-electron chi connectivity index (χ1n) is 5.33. The molecule has 0 aliphatic heterocycles. The summed E-state index contributed by atoms with van der Waals surface area (Å²) in [5, 5.41) is 0.498. The zero-order valence-electron chi connectivity index (χ0n) is 9.88. The molecule has 0 fully saturated rings. The summed E-state index contributed by atoms with van der Waals surface area (Å²) in [5.74, 6) is -0.788. The summed E-state index contributed by atoms with van der Waals surface area (Å²) >= 11 is 11.3. The third kappa shape index (κ3) is 3.47. The number of aromatic nitrogens is 1. The van der Waals surface area contributed by atoms with E-state index in [4.69, 9.17) is 23.2 Å². The number of pyridine rings is 1. The van der Waals surface area contributed by atoms with Crippen LogP contribution in [-0.2, 0) is 10.0 Å². The van der Waals surface area contributed by atoms with E-state index < -0.39 is 15.9 Å². The second-order valence-corrected chi connectivity index (χ2v) is 6.26. The molecule has 0 saturated heterocycles. The molecule has 0 unspecified atom stereocenters. The van der Waals surface area contributed by atoms with Crippen LogP contribution in [0.4, 0.5) is 0 Å². The van der Waals surface area contributed by atoms with Crippen molar-refractivity contribution in [2.45, 2.75) is 4.90 Å². The van der Waals surface area contributed by atoms with Crippen LogP contribution in [0, 0.1) is 0 Å². The molecule has 0 radical (unpaired) electrons. The number of amides is 1. The summed E-state index contributed by atoms with van der Waals surface area (Å²) in [5.41, 5.74) is 0.0996. The number of rotatable bonds is 3. The van der Waals surface area contributed by atoms with Crippen LogP contribution >= 0.6 is 23.2 Å². The number of sulfonamides is 1. The average molecular weight is 331 g/mol. The molecule has 0 atom stereocenters. The number of hydrogen-bond acceptors (Lipinski definition) is 4. The minimum absolute atomic E-state index is 0.0598. The highest BCUT2D eigenvalue weighted by molar-refractivity contribution is 7.90. The Morgan fingerprint density at radius 3 is 2.35 bits per heavy atom. The largest absolute Gasteiger partial charge is 0.268 e. The van der Waals surface area contributed by atoms with Gasteiger partial charge in [-0.2, -0.15) is 0 Å². The van der Waals surface area contributed by atoms with Gasteiger partial charge in [-0.05, 0) is 36.4 Å². The van der Waals surface area contributed by atoms with Crippen LogP contribution in [0.3, 0.4) is 0 Å². The van der Waals surface area contributed by atoms with E-state index in [0.29, 0.717) is 5.02 Å². The van der Waals surface area contributed by atoms with E-state index in [0.717, 1.165) is 0 Å². The molecule has 8 heteroatoms. The summed E-state index contributed by atoms with van der Waals surface area (Å²) < 4.78 is 25.9. The smallest absolute Gasteiger partial charge is 0.265 e. The standard InChI is InChI=1S/C12H8Cl2N2O3S/c13-9-1-3-10(4-2-9)20(18,19)16-12(17)8-5-6-15-11(14)7-8/h1-7H,(H,16,17). The molecule has 1 amide bonds. The molecule has 0 saturated carbocycles. The Bertz CT molecular complexity index is 746. The maximum Gasteiger partial charge on any atom is 0.265 e. The van der Waals surface area contributed by atoms with Crippen molar-refractivity contribution < 1.29 is 13.2 Å². The van der Waals surface area contributed by atoms with Gasteiger partial charge >= 0.3 is 0 Å². The van der Waals surface area contributed by atoms with E-state index >= 15 is 0 Å². The Kier molecular flexibility index (Phi) is 4.27. The Hall–Kier alpha value is -1.63. The van der Waals surface area contributed by atoms with Crippen LogP contribution in [0.15, 0.2) is 47.5 Å². The minimum Gasteiger partial charge on any atom is -0.268 e. The van der Waals surface area contributed by atoms with Crippen molar-refractivity contribution in [2.75, 3.05) is 0 Å². The molecule has 20 heavy (non-hydrogen) atoms. The van der Waals surface area contributed by atoms with Crippen molar-refractivity contribution in [2.24, 2.45) is 0 Å². The third-order valence-electron chi connectivity index (χ3n) is 2.34. The lowest BCUT2D eigenvalue weighted by Gasteiger charge is -2.07. The molecule has 104 valence electrons. The van der Waals surface area contributed by atoms with E-state index in [1.165, 1.54) is 42.6 Å². The lowest BCUT2D eigenvalue weighted by molar-refractivity contribution is 0.0981. The summed E-state index contributed by atoms with van der Waals surface area (Å²) in [6.07, 6.45) is 1.31. The number of nitrogens with one attached hydrogen (secondary N) is 1. The molecule has 1 aromatic carbocycles. The van der Waals surface area contributed by atoms with Crippen molar-refractivity contribution in [3.8, 4) is 0 Å². The van der Waals surface area contributed by atoms with Gasteiger partial charge in [0.1, 0.15) is 5.15 Å². The Balaban J connectivity index is 2.24. The number of nitrogens with zero attached hydrogens (tertiary/aromatic N) is 1. The van der Waals surface area contributed by atoms with Crippen molar-refractivity contribution in [1.82, 2.24) is 9.71 Å². The van der Waals surface area contributed by atoms with Gasteiger partial charge in [-0.1, -0.05) is 23.2 Å². The summed E-state index contributed by atoms with van der Waals surface area (Å²) in [7, 11) is -3.96. The van der Waals surface area contributed by atoms with E-state index in [9.17, 15) is 13.2 Å². The van der Waals surface area contributed by atoms with E-state index in [1.54, 1.807) is 0 Å². The Morgan fingerprint density at radius 1 is 1.10 bits per heavy atom. The van der Waals surface area contributed by atoms with Gasteiger partial charge in [0.05, 0.1) is 4.90 Å². The summed E-state index contributed by atoms with van der Waals surface area (Å²) in [4.78, 5) is 15.5. The van der Waals surface area contributed by atoms with Crippen molar-refractivity contribution >= 4 is 39.1 Å². The average Bonchev–Trinajstić information content (AvgIpc) is 2.38. The predicted molar refractivity (Wildman–Crippen MR) is 75.4 cm³/mol. The summed E-state index contributed by atoms with van der Waals surface area (Å²) in [6.45, 7) is 0. The fraction of sp³-hybridized carbons (Fsp3) is 0. The zero-order chi connectivity index (χ0) is 14.8. The molecule has 1 heterocycles. The molecular weight excluding hydrogens is 323 g/mol. The zero-order valence-corrected chi connectivity index (χ0v) is 12.2. The van der Waals surface area contributed by atoms with Crippen LogP contribution < -0.4 is 4.72 Å². The lowest BCUT2D eigenvalue weighted by atomic mass is 10.3. The van der Waals surface area contributed by atoms with Crippen molar-refractivity contribution in [3.63, 3.8) is 0 Å². The van der Waals surface area contributed by atoms with E-state index in [-0.39, 0.29) is 15.6 Å². The monoisotopic (exact) mass is 330 g/mol. The number of carbonyl (C=O) groups is 1. The van der Waals surface area contributed by atoms with Gasteiger partial charge in [0.25, 0.3) is 15.9 Å². The maximum absolute atomic E-state index is 12.0. The van der Waals surface area contributed by atoms with Gasteiger partial charge in [-0.3, -0.25) is 4.79 Å². The van der Waals surface area contributed by atoms with Gasteiger partial charge < -0.3 is 0 Å². The third-order valence-corrected chi connectivity index (χ3v) is 4.15. The molecule has 2 aromatic rings. The maximum atomic E-state index is 12.0. The first kappa shape index (κ1) is 14.8. The molecule has 5 nitrogen and oxygen atoms in total. The second kappa shape index (κ2) is 5.78. The molecule has 2 rings (SSSR count). The number of halogens is 2. The SMILES string of the molecule is O=C(NS(=O)(=O)c1ccc(Cl)cc1)c1ccnc(Cl)c1. The Morgan fingerprint density at radius 2 is 1.75 bits per heavy atom. The van der Waals surface area contributed by atoms with Gasteiger partial charge in [0, 0.05) is 16.8 Å². The first-order chi connectivity index (χ1) is 9.38. The predicted octanol–water partition coefficient (Wildman–Crippen LogP) is 2.51. The van der Waals surface area contributed by atoms with Gasteiger partial charge in [-0.25, -0.2) is 18.1 Å². The van der Waals surface area contributed by atoms with Crippen LogP contribution in [-0.4, -0.2) is 19.3 Å². The number of benzene rings is 1. The van der Waals surface area contributed by atoms with Gasteiger partial charge in [-0.15, -0.1) is 0 Å². The fourth-order valence-corrected chi connectivity index (χ4v) is 2.67. The number of carbonyl (C=O) groups excluding carboxylic acids is 1. The molecule has 0 bridgehead atoms. The van der Waals surface area contributed by atoms with Crippen molar-refractivity contribution in [3.05, 3.63) is 58.3 Å². The molecular formula is C12H8Cl2N2O3S. The second-order valence-electron chi connectivity index (χ2n) is 3.76. The minimum atomic E-state index is -3.96. The van der Waals surface area contributed by atoms with Crippen molar-refractivity contribution in [1.29, 1.82) is 0 Å². The highest BCUT2D eigenvalue weighted by atomic mass is 35.5. The normalized spacial score (nSPS) is 11.1. The van der Waals surface area contributed by atoms with Gasteiger partial charge in [0.15, 0.2) is 0 Å². The van der Waals surface area contributed by atoms with Crippen LogP contribution in [0.5, 0.6) is 0 Å². The molecule has 0 aliphatic carbocycles. The highest BCUT2D eigenvalue weighted by Crippen LogP contribution is 2.14. The van der Waals surface area contributed by atoms with E-state index in [1.807, 2.05) is 4.72 Å². The van der Waals surface area contributed by atoms with Crippen LogP contribution in [0.2, 0.25) is 10.2 Å². The topological polar surface area (TPSA) is 76.1 Å².